The molecule has 0 aromatic heterocycles. The van der Waals surface area contributed by atoms with Crippen molar-refractivity contribution in [2.45, 2.75) is 6.92 Å². The van der Waals surface area contributed by atoms with E-state index in [2.05, 4.69) is 26.5 Å². The Kier molecular flexibility index (Phi) is 8.48. The second-order valence-corrected chi connectivity index (χ2v) is 7.34. The monoisotopic (exact) mass is 481 g/mol. The van der Waals surface area contributed by atoms with Crippen molar-refractivity contribution in [1.82, 2.24) is 10.3 Å². The smallest absolute Gasteiger partial charge is 0.271 e. The minimum absolute atomic E-state index is 0.115. The molecule has 0 saturated carbocycles. The molecule has 0 aliphatic carbocycles. The Hall–Kier alpha value is -2.58. The number of halogens is 2. The number of hydrogen-bond donors (Lipinski definition) is 1. The third kappa shape index (κ3) is 6.76. The van der Waals surface area contributed by atoms with Gasteiger partial charge < -0.3 is 14.4 Å². The Bertz CT molecular complexity index is 901. The quantitative estimate of drug-likeness (QED) is 0.459. The lowest BCUT2D eigenvalue weighted by Gasteiger charge is -2.16. The average Bonchev–Trinajstić information content (AvgIpc) is 2.67. The highest BCUT2D eigenvalue weighted by Gasteiger charge is 2.14. The minimum Gasteiger partial charge on any atom is -0.490 e. The summed E-state index contributed by atoms with van der Waals surface area (Å²) >= 11 is 9.24. The van der Waals surface area contributed by atoms with Gasteiger partial charge in [0, 0.05) is 24.7 Å². The van der Waals surface area contributed by atoms with E-state index in [0.717, 1.165) is 0 Å². The number of nitrogens with one attached hydrogen (secondary N) is 1. The maximum Gasteiger partial charge on any atom is 0.271 e. The zero-order chi connectivity index (χ0) is 21.4. The van der Waals surface area contributed by atoms with Gasteiger partial charge in [-0.1, -0.05) is 11.6 Å². The molecule has 2 aromatic rings. The maximum absolute atomic E-state index is 12.1. The molecule has 1 N–H and O–H groups in total. The summed E-state index contributed by atoms with van der Waals surface area (Å²) in [4.78, 5) is 25.3. The highest BCUT2D eigenvalue weighted by atomic mass is 79.9. The van der Waals surface area contributed by atoms with Gasteiger partial charge in [-0.15, -0.1) is 0 Å². The van der Waals surface area contributed by atoms with E-state index < -0.39 is 0 Å². The molecular formula is C20H21BrClN3O4. The Balaban J connectivity index is 2.12. The van der Waals surface area contributed by atoms with Gasteiger partial charge in [0.25, 0.3) is 11.8 Å². The molecule has 154 valence electrons. The average molecular weight is 483 g/mol. The minimum atomic E-state index is -0.357. The fraction of sp³-hybridized carbons (Fsp3) is 0.250. The van der Waals surface area contributed by atoms with Gasteiger partial charge in [0.1, 0.15) is 0 Å². The number of benzene rings is 2. The summed E-state index contributed by atoms with van der Waals surface area (Å²) in [6, 6.07) is 9.94. The molecule has 0 aliphatic heterocycles. The number of carbonyl (C=O) groups excluding carboxylic acids is 2. The van der Waals surface area contributed by atoms with Crippen LogP contribution in [0.3, 0.4) is 0 Å². The molecule has 2 amide bonds. The molecule has 29 heavy (non-hydrogen) atoms. The molecule has 0 spiro atoms. The summed E-state index contributed by atoms with van der Waals surface area (Å²) in [5.74, 6) is 0.349. The number of carbonyl (C=O) groups is 2. The first-order chi connectivity index (χ1) is 13.8. The van der Waals surface area contributed by atoms with Gasteiger partial charge in [0.15, 0.2) is 18.1 Å². The van der Waals surface area contributed by atoms with Crippen molar-refractivity contribution in [3.05, 3.63) is 57.0 Å². The van der Waals surface area contributed by atoms with Crippen molar-refractivity contribution in [2.24, 2.45) is 5.10 Å². The Morgan fingerprint density at radius 1 is 1.21 bits per heavy atom. The van der Waals surface area contributed by atoms with Gasteiger partial charge in [-0.3, -0.25) is 9.59 Å². The van der Waals surface area contributed by atoms with E-state index in [1.54, 1.807) is 50.5 Å². The second-order valence-electron chi connectivity index (χ2n) is 6.05. The van der Waals surface area contributed by atoms with Crippen molar-refractivity contribution in [2.75, 3.05) is 27.3 Å². The number of likely N-dealkylation sites (N-methyl/N-ethyl adjacent to an activating group) is 1. The zero-order valence-electron chi connectivity index (χ0n) is 16.2. The highest BCUT2D eigenvalue weighted by molar-refractivity contribution is 9.10. The number of hydrazone groups is 1. The van der Waals surface area contributed by atoms with Crippen LogP contribution < -0.4 is 14.9 Å². The molecular weight excluding hydrogens is 462 g/mol. The summed E-state index contributed by atoms with van der Waals surface area (Å²) in [7, 11) is 3.31. The predicted octanol–water partition coefficient (Wildman–Crippen LogP) is 3.73. The van der Waals surface area contributed by atoms with Crippen molar-refractivity contribution >= 4 is 45.6 Å². The van der Waals surface area contributed by atoms with Gasteiger partial charge in [-0.2, -0.15) is 5.10 Å². The van der Waals surface area contributed by atoms with E-state index in [0.29, 0.717) is 38.7 Å². The molecule has 7 nitrogen and oxygen atoms in total. The van der Waals surface area contributed by atoms with Crippen LogP contribution in [0.1, 0.15) is 22.8 Å². The summed E-state index contributed by atoms with van der Waals surface area (Å²) < 4.78 is 11.8. The lowest BCUT2D eigenvalue weighted by Crippen LogP contribution is -2.27. The van der Waals surface area contributed by atoms with Gasteiger partial charge >= 0.3 is 0 Å². The van der Waals surface area contributed by atoms with Crippen LogP contribution in [-0.2, 0) is 4.79 Å². The van der Waals surface area contributed by atoms with E-state index in [1.807, 2.05) is 6.92 Å². The molecule has 9 heteroatoms. The normalized spacial score (nSPS) is 10.7. The summed E-state index contributed by atoms with van der Waals surface area (Å²) in [6.07, 6.45) is 1.48. The van der Waals surface area contributed by atoms with Crippen LogP contribution in [0, 0.1) is 0 Å². The number of ether oxygens (including phenoxy) is 2. The third-order valence-corrected chi connectivity index (χ3v) is 4.50. The molecule has 0 fully saturated rings. The summed E-state index contributed by atoms with van der Waals surface area (Å²) in [5.41, 5.74) is 3.57. The molecule has 2 aromatic carbocycles. The first kappa shape index (κ1) is 22.7. The van der Waals surface area contributed by atoms with E-state index >= 15 is 0 Å². The lowest BCUT2D eigenvalue weighted by atomic mass is 10.2. The number of hydrogen-bond acceptors (Lipinski definition) is 5. The van der Waals surface area contributed by atoms with Crippen LogP contribution in [0.2, 0.25) is 5.02 Å². The van der Waals surface area contributed by atoms with Gasteiger partial charge in [-0.25, -0.2) is 5.43 Å². The molecule has 0 aliphatic rings. The van der Waals surface area contributed by atoms with Crippen molar-refractivity contribution in [1.29, 1.82) is 0 Å². The van der Waals surface area contributed by atoms with Crippen molar-refractivity contribution in [3.63, 3.8) is 0 Å². The predicted molar refractivity (Wildman–Crippen MR) is 116 cm³/mol. The largest absolute Gasteiger partial charge is 0.490 e. The standard InChI is InChI=1S/C20H21BrClN3O4/c1-4-28-17-10-13(9-16(21)19(17)29-12-18(26)25(2)3)11-23-24-20(27)14-5-7-15(22)8-6-14/h5-11H,4,12H2,1-3H3,(H,24,27). The molecule has 0 heterocycles. The second kappa shape index (κ2) is 10.8. The van der Waals surface area contributed by atoms with Crippen LogP contribution >= 0.6 is 27.5 Å². The molecule has 0 bridgehead atoms. The summed E-state index contributed by atoms with van der Waals surface area (Å²) in [5, 5.41) is 4.52. The molecule has 0 atom stereocenters. The lowest BCUT2D eigenvalue weighted by molar-refractivity contribution is -0.130. The molecule has 0 unspecified atom stereocenters. The van der Waals surface area contributed by atoms with Crippen LogP contribution in [-0.4, -0.2) is 50.2 Å². The number of nitrogens with zero attached hydrogens (tertiary/aromatic N) is 2. The van der Waals surface area contributed by atoms with Crippen LogP contribution in [0.5, 0.6) is 11.5 Å². The van der Waals surface area contributed by atoms with Gasteiger partial charge in [-0.05, 0) is 64.8 Å². The Morgan fingerprint density at radius 2 is 1.90 bits per heavy atom. The van der Waals surface area contributed by atoms with E-state index in [4.69, 9.17) is 21.1 Å². The zero-order valence-corrected chi connectivity index (χ0v) is 18.6. The first-order valence-corrected chi connectivity index (χ1v) is 9.87. The number of amides is 2. The van der Waals surface area contributed by atoms with Crippen molar-refractivity contribution in [3.8, 4) is 11.5 Å². The Morgan fingerprint density at radius 3 is 2.52 bits per heavy atom. The van der Waals surface area contributed by atoms with Gasteiger partial charge in [0.2, 0.25) is 0 Å². The Labute approximate surface area is 182 Å². The fourth-order valence-corrected chi connectivity index (χ4v) is 2.86. The van der Waals surface area contributed by atoms with Gasteiger partial charge in [0.05, 0.1) is 17.3 Å². The van der Waals surface area contributed by atoms with Crippen molar-refractivity contribution < 1.29 is 19.1 Å². The molecule has 0 radical (unpaired) electrons. The maximum atomic E-state index is 12.1. The SMILES string of the molecule is CCOc1cc(C=NNC(=O)c2ccc(Cl)cc2)cc(Br)c1OCC(=O)N(C)C. The molecule has 2 rings (SSSR count). The first-order valence-electron chi connectivity index (χ1n) is 8.70. The molecule has 0 saturated heterocycles. The van der Waals surface area contributed by atoms with Crippen LogP contribution in [0.4, 0.5) is 0 Å². The summed E-state index contributed by atoms with van der Waals surface area (Å²) in [6.45, 7) is 2.14. The van der Waals surface area contributed by atoms with Crippen LogP contribution in [0.15, 0.2) is 46.0 Å². The topological polar surface area (TPSA) is 80.2 Å². The number of rotatable bonds is 8. The van der Waals surface area contributed by atoms with E-state index in [9.17, 15) is 9.59 Å². The van der Waals surface area contributed by atoms with E-state index in [-0.39, 0.29) is 18.4 Å². The highest BCUT2D eigenvalue weighted by Crippen LogP contribution is 2.36. The van der Waals surface area contributed by atoms with E-state index in [1.165, 1.54) is 11.1 Å². The fourth-order valence-electron chi connectivity index (χ4n) is 2.16. The third-order valence-electron chi connectivity index (χ3n) is 3.66. The van der Waals surface area contributed by atoms with Crippen LogP contribution in [0.25, 0.3) is 0 Å².